The highest BCUT2D eigenvalue weighted by molar-refractivity contribution is 5.77. The van der Waals surface area contributed by atoms with E-state index in [1.54, 1.807) is 0 Å². The van der Waals surface area contributed by atoms with Gasteiger partial charge in [-0.3, -0.25) is 4.79 Å². The summed E-state index contributed by atoms with van der Waals surface area (Å²) in [6.07, 6.45) is 7.64. The molecule has 0 atom stereocenters. The van der Waals surface area contributed by atoms with Crippen molar-refractivity contribution >= 4 is 5.91 Å². The van der Waals surface area contributed by atoms with Gasteiger partial charge in [-0.05, 0) is 37.5 Å². The predicted octanol–water partition coefficient (Wildman–Crippen LogP) is 1.99. The maximum Gasteiger partial charge on any atom is 0.222 e. The molecular weight excluding hydrogens is 202 g/mol. The summed E-state index contributed by atoms with van der Waals surface area (Å²) < 4.78 is 0. The Morgan fingerprint density at radius 1 is 1.25 bits per heavy atom. The van der Waals surface area contributed by atoms with Crippen LogP contribution in [-0.4, -0.2) is 23.2 Å². The van der Waals surface area contributed by atoms with Crippen LogP contribution in [0.3, 0.4) is 0 Å². The van der Waals surface area contributed by atoms with Gasteiger partial charge >= 0.3 is 0 Å². The first-order valence-corrected chi connectivity index (χ1v) is 6.57. The predicted molar refractivity (Wildman–Crippen MR) is 63.0 cm³/mol. The van der Waals surface area contributed by atoms with Gasteiger partial charge in [0.05, 0.1) is 12.0 Å². The second-order valence-corrected chi connectivity index (χ2v) is 5.74. The fourth-order valence-corrected chi connectivity index (χ4v) is 2.69. The summed E-state index contributed by atoms with van der Waals surface area (Å²) in [4.78, 5) is 11.7. The van der Waals surface area contributed by atoms with Gasteiger partial charge in [0.15, 0.2) is 0 Å². The van der Waals surface area contributed by atoms with Crippen LogP contribution in [0.25, 0.3) is 0 Å². The lowest BCUT2D eigenvalue weighted by molar-refractivity contribution is -0.126. The Labute approximate surface area is 97.6 Å². The van der Waals surface area contributed by atoms with Crippen molar-refractivity contribution in [3.63, 3.8) is 0 Å². The minimum atomic E-state index is -0.701. The summed E-state index contributed by atoms with van der Waals surface area (Å²) in [5.74, 6) is 0.0316. The molecule has 0 unspecified atom stereocenters. The van der Waals surface area contributed by atoms with Gasteiger partial charge in [-0.2, -0.15) is 0 Å². The second-order valence-electron chi connectivity index (χ2n) is 5.74. The largest absolute Gasteiger partial charge is 0.389 e. The number of aliphatic hydroxyl groups is 1. The van der Waals surface area contributed by atoms with Gasteiger partial charge in [-0.25, -0.2) is 0 Å². The van der Waals surface area contributed by atoms with Crippen LogP contribution in [0.1, 0.15) is 58.3 Å². The smallest absolute Gasteiger partial charge is 0.222 e. The highest BCUT2D eigenvalue weighted by Crippen LogP contribution is 2.47. The van der Waals surface area contributed by atoms with Crippen molar-refractivity contribution in [1.82, 2.24) is 5.32 Å². The third-order valence-corrected chi connectivity index (χ3v) is 4.39. The first kappa shape index (κ1) is 11.9. The van der Waals surface area contributed by atoms with Gasteiger partial charge in [0, 0.05) is 6.54 Å². The molecule has 0 spiro atoms. The van der Waals surface area contributed by atoms with Crippen LogP contribution in [-0.2, 0) is 4.79 Å². The molecular formula is C13H23NO2. The number of amides is 1. The second kappa shape index (κ2) is 4.36. The average molecular weight is 225 g/mol. The van der Waals surface area contributed by atoms with Gasteiger partial charge in [-0.15, -0.1) is 0 Å². The lowest BCUT2D eigenvalue weighted by Gasteiger charge is -2.22. The van der Waals surface area contributed by atoms with E-state index in [9.17, 15) is 9.90 Å². The summed E-state index contributed by atoms with van der Waals surface area (Å²) in [5, 5.41) is 13.1. The van der Waals surface area contributed by atoms with Crippen LogP contribution in [0, 0.1) is 5.41 Å². The zero-order valence-corrected chi connectivity index (χ0v) is 10.2. The Bertz CT molecular complexity index is 265. The number of rotatable bonds is 5. The van der Waals surface area contributed by atoms with E-state index in [0.717, 1.165) is 38.6 Å². The van der Waals surface area contributed by atoms with Crippen molar-refractivity contribution in [2.45, 2.75) is 63.9 Å². The molecule has 3 heteroatoms. The van der Waals surface area contributed by atoms with Gasteiger partial charge in [0.1, 0.15) is 0 Å². The maximum absolute atomic E-state index is 11.7. The Morgan fingerprint density at radius 2 is 1.88 bits per heavy atom. The molecule has 92 valence electrons. The van der Waals surface area contributed by atoms with Crippen LogP contribution < -0.4 is 5.32 Å². The third-order valence-electron chi connectivity index (χ3n) is 4.39. The average Bonchev–Trinajstić information content (AvgIpc) is 2.93. The Hall–Kier alpha value is -0.570. The summed E-state index contributed by atoms with van der Waals surface area (Å²) in [5.41, 5.74) is -0.305. The van der Waals surface area contributed by atoms with Crippen LogP contribution in [0.5, 0.6) is 0 Å². The van der Waals surface area contributed by atoms with Crippen molar-refractivity contribution in [3.8, 4) is 0 Å². The minimum Gasteiger partial charge on any atom is -0.389 e. The monoisotopic (exact) mass is 225 g/mol. The summed E-state index contributed by atoms with van der Waals surface area (Å²) in [6, 6.07) is 0. The van der Waals surface area contributed by atoms with Crippen molar-refractivity contribution in [2.75, 3.05) is 6.54 Å². The normalized spacial score (nSPS) is 25.4. The number of carbonyl (C=O) groups excluding carboxylic acids is 1. The lowest BCUT2D eigenvalue weighted by Crippen LogP contribution is -2.37. The fourth-order valence-electron chi connectivity index (χ4n) is 2.69. The maximum atomic E-state index is 11.7. The highest BCUT2D eigenvalue weighted by Gasteiger charge is 2.41. The van der Waals surface area contributed by atoms with Crippen LogP contribution in [0.15, 0.2) is 0 Å². The molecule has 0 aromatic heterocycles. The van der Waals surface area contributed by atoms with Crippen LogP contribution >= 0.6 is 0 Å². The van der Waals surface area contributed by atoms with Gasteiger partial charge in [0.2, 0.25) is 5.91 Å². The molecule has 0 aliphatic heterocycles. The van der Waals surface area contributed by atoms with Gasteiger partial charge in [-0.1, -0.05) is 19.8 Å². The first-order valence-electron chi connectivity index (χ1n) is 6.57. The van der Waals surface area contributed by atoms with E-state index in [4.69, 9.17) is 0 Å². The molecule has 0 heterocycles. The van der Waals surface area contributed by atoms with E-state index >= 15 is 0 Å². The van der Waals surface area contributed by atoms with Crippen molar-refractivity contribution in [3.05, 3.63) is 0 Å². The van der Waals surface area contributed by atoms with Crippen molar-refractivity contribution < 1.29 is 9.90 Å². The molecule has 2 saturated carbocycles. The lowest BCUT2D eigenvalue weighted by atomic mass is 9.97. The molecule has 0 aromatic rings. The summed E-state index contributed by atoms with van der Waals surface area (Å²) >= 11 is 0. The number of nitrogens with one attached hydrogen (secondary N) is 1. The topological polar surface area (TPSA) is 49.3 Å². The molecule has 2 aliphatic carbocycles. The molecule has 2 fully saturated rings. The third kappa shape index (κ3) is 2.76. The molecule has 0 saturated heterocycles. The Morgan fingerprint density at radius 3 is 2.38 bits per heavy atom. The highest BCUT2D eigenvalue weighted by atomic mass is 16.3. The number of carbonyl (C=O) groups is 1. The SMILES string of the molecule is CCC1(CNC(=O)CC2(O)CCCC2)CC1. The standard InChI is InChI=1S/C13H23NO2/c1-2-12(7-8-12)10-14-11(15)9-13(16)5-3-4-6-13/h16H,2-10H2,1H3,(H,14,15). The number of hydrogen-bond acceptors (Lipinski definition) is 2. The molecule has 1 amide bonds. The Kier molecular flexibility index (Phi) is 3.24. The molecule has 2 aliphatic rings. The molecule has 16 heavy (non-hydrogen) atoms. The molecule has 0 aromatic carbocycles. The summed E-state index contributed by atoms with van der Waals surface area (Å²) in [7, 11) is 0. The zero-order valence-electron chi connectivity index (χ0n) is 10.2. The summed E-state index contributed by atoms with van der Waals surface area (Å²) in [6.45, 7) is 2.99. The molecule has 2 N–H and O–H groups in total. The molecule has 0 radical (unpaired) electrons. The quantitative estimate of drug-likeness (QED) is 0.751. The van der Waals surface area contributed by atoms with E-state index in [-0.39, 0.29) is 5.91 Å². The van der Waals surface area contributed by atoms with Gasteiger partial charge < -0.3 is 10.4 Å². The van der Waals surface area contributed by atoms with E-state index in [1.807, 2.05) is 0 Å². The minimum absolute atomic E-state index is 0.0316. The first-order chi connectivity index (χ1) is 7.58. The molecule has 2 rings (SSSR count). The molecule has 3 nitrogen and oxygen atoms in total. The van der Waals surface area contributed by atoms with Crippen molar-refractivity contribution in [2.24, 2.45) is 5.41 Å². The number of hydrogen-bond donors (Lipinski definition) is 2. The van der Waals surface area contributed by atoms with Crippen molar-refractivity contribution in [1.29, 1.82) is 0 Å². The molecule has 0 bridgehead atoms. The van der Waals surface area contributed by atoms with E-state index in [2.05, 4.69) is 12.2 Å². The van der Waals surface area contributed by atoms with E-state index in [1.165, 1.54) is 12.8 Å². The fraction of sp³-hybridized carbons (Fsp3) is 0.923. The van der Waals surface area contributed by atoms with E-state index in [0.29, 0.717) is 11.8 Å². The van der Waals surface area contributed by atoms with E-state index < -0.39 is 5.60 Å². The van der Waals surface area contributed by atoms with Crippen LogP contribution in [0.2, 0.25) is 0 Å². The van der Waals surface area contributed by atoms with Gasteiger partial charge in [0.25, 0.3) is 0 Å². The Balaban J connectivity index is 1.72. The zero-order chi connectivity index (χ0) is 11.6. The van der Waals surface area contributed by atoms with Crippen LogP contribution in [0.4, 0.5) is 0 Å².